The van der Waals surface area contributed by atoms with Crippen LogP contribution in [0.15, 0.2) is 65.7 Å². The first-order valence-corrected chi connectivity index (χ1v) is 6.02. The molecule has 0 aliphatic carbocycles. The van der Waals surface area contributed by atoms with E-state index in [2.05, 4.69) is 4.99 Å². The average molecular weight is 253 g/mol. The second kappa shape index (κ2) is 6.50. The summed E-state index contributed by atoms with van der Waals surface area (Å²) in [5.41, 5.74) is 1.77. The van der Waals surface area contributed by atoms with Crippen molar-refractivity contribution in [3.8, 4) is 0 Å². The van der Waals surface area contributed by atoms with E-state index in [-0.39, 0.29) is 5.97 Å². The van der Waals surface area contributed by atoms with Crippen molar-refractivity contribution >= 4 is 12.2 Å². The molecule has 0 saturated carbocycles. The van der Waals surface area contributed by atoms with Crippen LogP contribution >= 0.6 is 0 Å². The molecule has 0 fully saturated rings. The number of carbonyl (C=O) groups is 1. The van der Waals surface area contributed by atoms with Gasteiger partial charge in [0.25, 0.3) is 0 Å². The Hall–Kier alpha value is -2.42. The fraction of sp³-hybridized carbons (Fsp3) is 0.125. The van der Waals surface area contributed by atoms with Crippen LogP contribution < -0.4 is 0 Å². The lowest BCUT2D eigenvalue weighted by Gasteiger charge is -2.10. The van der Waals surface area contributed by atoms with E-state index in [4.69, 9.17) is 4.74 Å². The van der Waals surface area contributed by atoms with Crippen molar-refractivity contribution in [3.63, 3.8) is 0 Å². The molecule has 2 rings (SSSR count). The highest BCUT2D eigenvalue weighted by Crippen LogP contribution is 2.18. The zero-order valence-electron chi connectivity index (χ0n) is 10.7. The van der Waals surface area contributed by atoms with Gasteiger partial charge in [-0.05, 0) is 11.1 Å². The van der Waals surface area contributed by atoms with Crippen LogP contribution in [-0.2, 0) is 9.53 Å². The standard InChI is InChI=1S/C16H15NO2/c1-19-16(18)15(14-10-6-3-7-11-14)17-12-13-8-4-2-5-9-13/h2-12,15H,1H3/b17-12+. The molecular weight excluding hydrogens is 238 g/mol. The van der Waals surface area contributed by atoms with Crippen molar-refractivity contribution in [1.82, 2.24) is 0 Å². The van der Waals surface area contributed by atoms with Crippen molar-refractivity contribution in [2.75, 3.05) is 7.11 Å². The maximum absolute atomic E-state index is 11.8. The van der Waals surface area contributed by atoms with Crippen molar-refractivity contribution in [1.29, 1.82) is 0 Å². The third-order valence-corrected chi connectivity index (χ3v) is 2.71. The van der Waals surface area contributed by atoms with E-state index in [0.717, 1.165) is 11.1 Å². The average Bonchev–Trinajstić information content (AvgIpc) is 2.49. The predicted octanol–water partition coefficient (Wildman–Crippen LogP) is 3.02. The Labute approximate surface area is 112 Å². The molecular formula is C16H15NO2. The van der Waals surface area contributed by atoms with Crippen LogP contribution in [0.5, 0.6) is 0 Å². The quantitative estimate of drug-likeness (QED) is 0.620. The smallest absolute Gasteiger partial charge is 0.335 e. The molecule has 0 heterocycles. The van der Waals surface area contributed by atoms with Gasteiger partial charge in [0.05, 0.1) is 7.11 Å². The lowest BCUT2D eigenvalue weighted by Crippen LogP contribution is -2.12. The number of rotatable bonds is 4. The van der Waals surface area contributed by atoms with Gasteiger partial charge in [0.1, 0.15) is 0 Å². The zero-order valence-corrected chi connectivity index (χ0v) is 10.7. The monoisotopic (exact) mass is 253 g/mol. The van der Waals surface area contributed by atoms with E-state index in [0.29, 0.717) is 0 Å². The zero-order chi connectivity index (χ0) is 13.5. The van der Waals surface area contributed by atoms with Crippen LogP contribution in [0.3, 0.4) is 0 Å². The minimum absolute atomic E-state index is 0.363. The number of carbonyl (C=O) groups excluding carboxylic acids is 1. The van der Waals surface area contributed by atoms with Crippen molar-refractivity contribution < 1.29 is 9.53 Å². The summed E-state index contributed by atoms with van der Waals surface area (Å²) in [5, 5.41) is 0. The first kappa shape index (κ1) is 13.0. The second-order valence-corrected chi connectivity index (χ2v) is 4.03. The molecule has 19 heavy (non-hydrogen) atoms. The van der Waals surface area contributed by atoms with Crippen molar-refractivity contribution in [3.05, 3.63) is 71.8 Å². The van der Waals surface area contributed by atoms with Gasteiger partial charge < -0.3 is 4.74 Å². The molecule has 0 aromatic heterocycles. The number of nitrogens with zero attached hydrogens (tertiary/aromatic N) is 1. The van der Waals surface area contributed by atoms with Gasteiger partial charge in [-0.1, -0.05) is 60.7 Å². The maximum Gasteiger partial charge on any atom is 0.335 e. The summed E-state index contributed by atoms with van der Waals surface area (Å²) in [6, 6.07) is 18.4. The number of esters is 1. The number of ether oxygens (including phenoxy) is 1. The van der Waals surface area contributed by atoms with Crippen LogP contribution in [0.4, 0.5) is 0 Å². The second-order valence-electron chi connectivity index (χ2n) is 4.03. The molecule has 2 aromatic rings. The van der Waals surface area contributed by atoms with E-state index in [1.807, 2.05) is 60.7 Å². The van der Waals surface area contributed by atoms with E-state index >= 15 is 0 Å². The van der Waals surface area contributed by atoms with Crippen LogP contribution in [-0.4, -0.2) is 19.3 Å². The van der Waals surface area contributed by atoms with Gasteiger partial charge in [-0.2, -0.15) is 0 Å². The predicted molar refractivity (Wildman–Crippen MR) is 75.2 cm³/mol. The fourth-order valence-electron chi connectivity index (χ4n) is 1.73. The summed E-state index contributed by atoms with van der Waals surface area (Å²) in [7, 11) is 1.37. The highest BCUT2D eigenvalue weighted by Gasteiger charge is 2.19. The molecule has 1 atom stereocenters. The summed E-state index contributed by atoms with van der Waals surface area (Å²) in [6.07, 6.45) is 1.69. The Morgan fingerprint density at radius 2 is 1.63 bits per heavy atom. The van der Waals surface area contributed by atoms with Gasteiger partial charge in [-0.3, -0.25) is 4.99 Å². The largest absolute Gasteiger partial charge is 0.467 e. The molecule has 3 nitrogen and oxygen atoms in total. The van der Waals surface area contributed by atoms with E-state index in [9.17, 15) is 4.79 Å². The topological polar surface area (TPSA) is 38.7 Å². The fourth-order valence-corrected chi connectivity index (χ4v) is 1.73. The first-order chi connectivity index (χ1) is 9.31. The van der Waals surface area contributed by atoms with E-state index in [1.165, 1.54) is 7.11 Å². The summed E-state index contributed by atoms with van der Waals surface area (Å²) >= 11 is 0. The minimum atomic E-state index is -0.619. The lowest BCUT2D eigenvalue weighted by atomic mass is 10.1. The van der Waals surface area contributed by atoms with E-state index < -0.39 is 6.04 Å². The van der Waals surface area contributed by atoms with Gasteiger partial charge >= 0.3 is 5.97 Å². The number of benzene rings is 2. The van der Waals surface area contributed by atoms with Gasteiger partial charge in [0.15, 0.2) is 6.04 Å². The molecule has 1 unspecified atom stereocenters. The molecule has 0 bridgehead atoms. The van der Waals surface area contributed by atoms with Crippen LogP contribution in [0.25, 0.3) is 0 Å². The van der Waals surface area contributed by atoms with Crippen molar-refractivity contribution in [2.24, 2.45) is 4.99 Å². The number of aliphatic imine (C=N–C) groups is 1. The summed E-state index contributed by atoms with van der Waals surface area (Å²) in [5.74, 6) is -0.363. The molecule has 0 aliphatic heterocycles. The van der Waals surface area contributed by atoms with Crippen LogP contribution in [0.1, 0.15) is 17.2 Å². The highest BCUT2D eigenvalue weighted by atomic mass is 16.5. The lowest BCUT2D eigenvalue weighted by molar-refractivity contribution is -0.142. The minimum Gasteiger partial charge on any atom is -0.467 e. The van der Waals surface area contributed by atoms with Gasteiger partial charge in [0, 0.05) is 6.21 Å². The van der Waals surface area contributed by atoms with Crippen molar-refractivity contribution in [2.45, 2.75) is 6.04 Å². The third-order valence-electron chi connectivity index (χ3n) is 2.71. The molecule has 0 radical (unpaired) electrons. The molecule has 0 aliphatic rings. The molecule has 0 spiro atoms. The Kier molecular flexibility index (Phi) is 4.45. The SMILES string of the molecule is COC(=O)C(/N=C/c1ccccc1)c1ccccc1. The van der Waals surface area contributed by atoms with Crippen LogP contribution in [0, 0.1) is 0 Å². The Morgan fingerprint density at radius 1 is 1.05 bits per heavy atom. The Bertz CT molecular complexity index is 549. The molecule has 2 aromatic carbocycles. The third kappa shape index (κ3) is 3.52. The molecule has 0 N–H and O–H groups in total. The number of hydrogen-bond acceptors (Lipinski definition) is 3. The molecule has 3 heteroatoms. The summed E-state index contributed by atoms with van der Waals surface area (Å²) < 4.78 is 4.80. The van der Waals surface area contributed by atoms with Gasteiger partial charge in [-0.25, -0.2) is 4.79 Å². The van der Waals surface area contributed by atoms with Crippen LogP contribution in [0.2, 0.25) is 0 Å². The summed E-state index contributed by atoms with van der Waals surface area (Å²) in [4.78, 5) is 16.1. The molecule has 0 amide bonds. The Balaban J connectivity index is 2.25. The highest BCUT2D eigenvalue weighted by molar-refractivity contribution is 5.84. The normalized spacial score (nSPS) is 12.3. The number of hydrogen-bond donors (Lipinski definition) is 0. The summed E-state index contributed by atoms with van der Waals surface area (Å²) in [6.45, 7) is 0. The first-order valence-electron chi connectivity index (χ1n) is 6.02. The van der Waals surface area contributed by atoms with Gasteiger partial charge in [0.2, 0.25) is 0 Å². The molecule has 96 valence electrons. The number of methoxy groups -OCH3 is 1. The Morgan fingerprint density at radius 3 is 2.21 bits per heavy atom. The maximum atomic E-state index is 11.8. The van der Waals surface area contributed by atoms with Gasteiger partial charge in [-0.15, -0.1) is 0 Å². The van der Waals surface area contributed by atoms with E-state index in [1.54, 1.807) is 6.21 Å². The molecule has 0 saturated heterocycles.